The summed E-state index contributed by atoms with van der Waals surface area (Å²) in [7, 11) is 0. The zero-order valence-electron chi connectivity index (χ0n) is 13.4. The summed E-state index contributed by atoms with van der Waals surface area (Å²) >= 11 is 17.5. The molecule has 0 atom stereocenters. The van der Waals surface area contributed by atoms with Crippen molar-refractivity contribution in [1.82, 2.24) is 0 Å². The molecule has 9 heteroatoms. The summed E-state index contributed by atoms with van der Waals surface area (Å²) in [5.74, 6) is -0.150. The number of carbonyl (C=O) groups excluding carboxylic acids is 1. The van der Waals surface area contributed by atoms with Gasteiger partial charge in [-0.1, -0.05) is 35.3 Å². The molecule has 2 rings (SSSR count). The third-order valence-corrected chi connectivity index (χ3v) is 3.89. The van der Waals surface area contributed by atoms with Crippen LogP contribution in [0.5, 0.6) is 5.75 Å². The van der Waals surface area contributed by atoms with E-state index < -0.39 is 0 Å². The number of amides is 1. The van der Waals surface area contributed by atoms with Crippen LogP contribution in [0.2, 0.25) is 10.0 Å². The molecule has 134 valence electrons. The van der Waals surface area contributed by atoms with Crippen molar-refractivity contribution >= 4 is 57.8 Å². The minimum absolute atomic E-state index is 0.155. The summed E-state index contributed by atoms with van der Waals surface area (Å²) in [4.78, 5) is 10.9. The Balaban J connectivity index is 2.01. The number of hydrogen-bond donors (Lipinski definition) is 3. The van der Waals surface area contributed by atoms with Crippen molar-refractivity contribution in [1.29, 1.82) is 5.26 Å². The highest BCUT2D eigenvalue weighted by molar-refractivity contribution is 7.80. The molecule has 0 aliphatic carbocycles. The average Bonchev–Trinajstić information content (AvgIpc) is 2.55. The molecule has 0 saturated heterocycles. The number of ether oxygens (including phenoxy) is 1. The van der Waals surface area contributed by atoms with Crippen molar-refractivity contribution in [2.75, 3.05) is 17.2 Å². The Hall–Kier alpha value is -2.53. The molecule has 0 radical (unpaired) electrons. The fourth-order valence-electron chi connectivity index (χ4n) is 2.07. The van der Waals surface area contributed by atoms with Gasteiger partial charge in [0.15, 0.2) is 17.5 Å². The summed E-state index contributed by atoms with van der Waals surface area (Å²) in [6.07, 6.45) is 0.181. The van der Waals surface area contributed by atoms with Crippen molar-refractivity contribution in [3.63, 3.8) is 0 Å². The number of nitrogens with two attached hydrogens (primary N) is 1. The van der Waals surface area contributed by atoms with Crippen molar-refractivity contribution in [2.24, 2.45) is 5.73 Å². The molecule has 0 spiro atoms. The maximum absolute atomic E-state index is 10.9. The first-order chi connectivity index (χ1) is 12.4. The number of rotatable bonds is 6. The molecule has 2 aromatic rings. The van der Waals surface area contributed by atoms with Gasteiger partial charge < -0.3 is 21.1 Å². The number of primary amides is 1. The van der Waals surface area contributed by atoms with Crippen molar-refractivity contribution < 1.29 is 9.53 Å². The van der Waals surface area contributed by atoms with E-state index in [9.17, 15) is 4.79 Å². The predicted molar refractivity (Wildman–Crippen MR) is 107 cm³/mol. The van der Waals surface area contributed by atoms with Gasteiger partial charge in [-0.15, -0.1) is 0 Å². The van der Waals surface area contributed by atoms with E-state index in [1.54, 1.807) is 36.4 Å². The van der Waals surface area contributed by atoms with Crippen LogP contribution in [0.3, 0.4) is 0 Å². The lowest BCUT2D eigenvalue weighted by Crippen LogP contribution is -2.19. The second-order valence-corrected chi connectivity index (χ2v) is 6.36. The Morgan fingerprint density at radius 3 is 2.27 bits per heavy atom. The largest absolute Gasteiger partial charge is 0.476 e. The van der Waals surface area contributed by atoms with E-state index in [1.165, 1.54) is 0 Å². The van der Waals surface area contributed by atoms with Gasteiger partial charge in [-0.2, -0.15) is 5.26 Å². The highest BCUT2D eigenvalue weighted by Crippen LogP contribution is 2.36. The third-order valence-electron chi connectivity index (χ3n) is 3.13. The second kappa shape index (κ2) is 9.25. The average molecular weight is 409 g/mol. The summed E-state index contributed by atoms with van der Waals surface area (Å²) < 4.78 is 5.18. The first-order valence-electron chi connectivity index (χ1n) is 7.33. The maximum Gasteiger partial charge on any atom is 0.221 e. The zero-order chi connectivity index (χ0) is 19.1. The van der Waals surface area contributed by atoms with Crippen LogP contribution in [0.25, 0.3) is 0 Å². The number of carbonyl (C=O) groups is 1. The topological polar surface area (TPSA) is 100 Å². The number of anilines is 2. The minimum atomic E-state index is -0.390. The van der Waals surface area contributed by atoms with Gasteiger partial charge in [-0.3, -0.25) is 4.79 Å². The van der Waals surface area contributed by atoms with Crippen LogP contribution < -0.4 is 21.1 Å². The summed E-state index contributed by atoms with van der Waals surface area (Å²) in [6, 6.07) is 12.2. The van der Waals surface area contributed by atoms with Gasteiger partial charge in [0.2, 0.25) is 5.91 Å². The molecule has 0 saturated carbocycles. The lowest BCUT2D eigenvalue weighted by Gasteiger charge is -2.13. The highest BCUT2D eigenvalue weighted by Gasteiger charge is 2.11. The lowest BCUT2D eigenvalue weighted by atomic mass is 10.1. The molecular formula is C17H14Cl2N4O2S. The quantitative estimate of drug-likeness (QED) is 0.629. The number of nitrogens with zero attached hydrogens (tertiary/aromatic N) is 1. The molecule has 0 unspecified atom stereocenters. The minimum Gasteiger partial charge on any atom is -0.476 e. The molecular weight excluding hydrogens is 395 g/mol. The van der Waals surface area contributed by atoms with Gasteiger partial charge in [0.05, 0.1) is 16.5 Å². The smallest absolute Gasteiger partial charge is 0.221 e. The maximum atomic E-state index is 10.9. The first-order valence-corrected chi connectivity index (χ1v) is 8.49. The molecule has 6 nitrogen and oxygen atoms in total. The lowest BCUT2D eigenvalue weighted by molar-refractivity contribution is -0.117. The number of nitrogens with one attached hydrogen (secondary N) is 2. The number of nitriles is 1. The summed E-state index contributed by atoms with van der Waals surface area (Å²) in [6.45, 7) is -0.155. The number of thiocarbonyl (C=S) groups is 1. The Bertz CT molecular complexity index is 843. The van der Waals surface area contributed by atoms with Crippen LogP contribution in [-0.2, 0) is 11.2 Å². The fourth-order valence-corrected chi connectivity index (χ4v) is 2.91. The standard InChI is InChI=1S/C17H14Cl2N4O2S/c18-13-8-12(9-14(19)16(13)25-6-5-20)23-17(26)22-11-3-1-10(2-4-11)7-15(21)24/h1-4,8-9H,6-7H2,(H2,21,24)(H2,22,23,26). The van der Waals surface area contributed by atoms with Gasteiger partial charge >= 0.3 is 0 Å². The van der Waals surface area contributed by atoms with Crippen LogP contribution in [0, 0.1) is 11.3 Å². The normalized spacial score (nSPS) is 9.88. The monoisotopic (exact) mass is 408 g/mol. The SMILES string of the molecule is N#CCOc1c(Cl)cc(NC(=S)Nc2ccc(CC(N)=O)cc2)cc1Cl. The molecule has 0 fully saturated rings. The zero-order valence-corrected chi connectivity index (χ0v) is 15.7. The molecule has 0 bridgehead atoms. The van der Waals surface area contributed by atoms with Gasteiger partial charge in [0.25, 0.3) is 0 Å². The van der Waals surface area contributed by atoms with E-state index in [1.807, 2.05) is 6.07 Å². The van der Waals surface area contributed by atoms with Crippen LogP contribution in [0.15, 0.2) is 36.4 Å². The van der Waals surface area contributed by atoms with Crippen LogP contribution in [0.1, 0.15) is 5.56 Å². The fraction of sp³-hybridized carbons (Fsp3) is 0.118. The van der Waals surface area contributed by atoms with Crippen LogP contribution in [0.4, 0.5) is 11.4 Å². The molecule has 4 N–H and O–H groups in total. The highest BCUT2D eigenvalue weighted by atomic mass is 35.5. The Kier molecular flexibility index (Phi) is 7.04. The molecule has 0 aromatic heterocycles. The van der Waals surface area contributed by atoms with Gasteiger partial charge in [-0.25, -0.2) is 0 Å². The van der Waals surface area contributed by atoms with E-state index in [-0.39, 0.29) is 34.7 Å². The molecule has 0 aliphatic rings. The van der Waals surface area contributed by atoms with E-state index >= 15 is 0 Å². The molecule has 1 amide bonds. The Morgan fingerprint density at radius 1 is 1.15 bits per heavy atom. The van der Waals surface area contributed by atoms with Gasteiger partial charge in [0, 0.05) is 11.4 Å². The van der Waals surface area contributed by atoms with Crippen molar-refractivity contribution in [3.05, 3.63) is 52.0 Å². The Labute approximate surface area is 165 Å². The number of benzene rings is 2. The van der Waals surface area contributed by atoms with E-state index in [4.69, 9.17) is 51.2 Å². The van der Waals surface area contributed by atoms with E-state index in [0.29, 0.717) is 10.8 Å². The molecule has 0 heterocycles. The summed E-state index contributed by atoms with van der Waals surface area (Å²) in [5, 5.41) is 15.4. The van der Waals surface area contributed by atoms with Crippen LogP contribution in [-0.4, -0.2) is 17.6 Å². The number of halogens is 2. The summed E-state index contributed by atoms with van der Waals surface area (Å²) in [5.41, 5.74) is 7.27. The second-order valence-electron chi connectivity index (χ2n) is 5.13. The molecule has 0 aliphatic heterocycles. The third kappa shape index (κ3) is 5.77. The van der Waals surface area contributed by atoms with Crippen molar-refractivity contribution in [2.45, 2.75) is 6.42 Å². The van der Waals surface area contributed by atoms with Crippen molar-refractivity contribution in [3.8, 4) is 11.8 Å². The first kappa shape index (κ1) is 19.8. The Morgan fingerprint density at radius 2 is 1.73 bits per heavy atom. The van der Waals surface area contributed by atoms with Gasteiger partial charge in [0.1, 0.15) is 6.07 Å². The van der Waals surface area contributed by atoms with E-state index in [0.717, 1.165) is 11.3 Å². The number of hydrogen-bond acceptors (Lipinski definition) is 4. The molecule has 2 aromatic carbocycles. The predicted octanol–water partition coefficient (Wildman–Crippen LogP) is 3.73. The van der Waals surface area contributed by atoms with Gasteiger partial charge in [-0.05, 0) is 42.0 Å². The van der Waals surface area contributed by atoms with E-state index in [2.05, 4.69) is 10.6 Å². The van der Waals surface area contributed by atoms with Crippen LogP contribution >= 0.6 is 35.4 Å². The molecule has 26 heavy (non-hydrogen) atoms.